The van der Waals surface area contributed by atoms with Gasteiger partial charge in [0.2, 0.25) is 0 Å². The second-order valence-electron chi connectivity index (χ2n) is 6.70. The lowest BCUT2D eigenvalue weighted by Crippen LogP contribution is -2.33. The van der Waals surface area contributed by atoms with Gasteiger partial charge in [-0.05, 0) is 43.2 Å². The van der Waals surface area contributed by atoms with Crippen molar-refractivity contribution in [3.63, 3.8) is 0 Å². The molecule has 0 heterocycles. The molecule has 2 atom stereocenters. The number of rotatable bonds is 3. The third kappa shape index (κ3) is 2.97. The van der Waals surface area contributed by atoms with Gasteiger partial charge in [-0.3, -0.25) is 4.79 Å². The minimum Gasteiger partial charge on any atom is -0.496 e. The van der Waals surface area contributed by atoms with E-state index in [9.17, 15) is 9.90 Å². The molecule has 1 saturated carbocycles. The summed E-state index contributed by atoms with van der Waals surface area (Å²) in [6.45, 7) is 6.48. The van der Waals surface area contributed by atoms with Crippen molar-refractivity contribution in [3.05, 3.63) is 29.3 Å². The molecule has 1 aliphatic carbocycles. The highest BCUT2D eigenvalue weighted by Gasteiger charge is 2.40. The third-order valence-electron chi connectivity index (χ3n) is 4.49. The van der Waals surface area contributed by atoms with Gasteiger partial charge >= 0.3 is 5.97 Å². The molecule has 0 aromatic heterocycles. The number of benzene rings is 1. The minimum atomic E-state index is -0.686. The van der Waals surface area contributed by atoms with E-state index in [1.165, 1.54) is 0 Å². The zero-order valence-corrected chi connectivity index (χ0v) is 12.8. The summed E-state index contributed by atoms with van der Waals surface area (Å²) in [5.74, 6) is -0.150. The number of aliphatic carboxylic acids is 1. The zero-order valence-electron chi connectivity index (χ0n) is 12.8. The van der Waals surface area contributed by atoms with Crippen molar-refractivity contribution in [2.75, 3.05) is 7.11 Å². The Bertz CT molecular complexity index is 505. The van der Waals surface area contributed by atoms with E-state index in [0.717, 1.165) is 36.1 Å². The Morgan fingerprint density at radius 1 is 1.40 bits per heavy atom. The first-order chi connectivity index (χ1) is 9.34. The van der Waals surface area contributed by atoms with Crippen molar-refractivity contribution in [2.24, 2.45) is 11.3 Å². The number of hydrogen-bond donors (Lipinski definition) is 1. The van der Waals surface area contributed by atoms with E-state index in [2.05, 4.69) is 19.9 Å². The quantitative estimate of drug-likeness (QED) is 0.907. The van der Waals surface area contributed by atoms with Crippen LogP contribution in [0.1, 0.15) is 50.2 Å². The van der Waals surface area contributed by atoms with Crippen LogP contribution < -0.4 is 4.74 Å². The highest BCUT2D eigenvalue weighted by atomic mass is 16.5. The van der Waals surface area contributed by atoms with Gasteiger partial charge in [-0.25, -0.2) is 0 Å². The van der Waals surface area contributed by atoms with E-state index >= 15 is 0 Å². The Morgan fingerprint density at radius 3 is 2.70 bits per heavy atom. The van der Waals surface area contributed by atoms with Gasteiger partial charge in [-0.1, -0.05) is 31.5 Å². The Labute approximate surface area is 121 Å². The first kappa shape index (κ1) is 14.9. The van der Waals surface area contributed by atoms with Crippen LogP contribution in [0.3, 0.4) is 0 Å². The predicted octanol–water partition coefficient (Wildman–Crippen LogP) is 4.00. The number of methoxy groups -OCH3 is 1. The number of carbonyl (C=O) groups is 1. The molecule has 2 rings (SSSR count). The fourth-order valence-corrected chi connectivity index (χ4v) is 3.35. The first-order valence-electron chi connectivity index (χ1n) is 7.21. The molecule has 0 spiro atoms. The van der Waals surface area contributed by atoms with Crippen molar-refractivity contribution in [1.29, 1.82) is 0 Å². The molecule has 0 radical (unpaired) electrons. The number of ether oxygens (including phenoxy) is 1. The molecule has 0 saturated heterocycles. The first-order valence-corrected chi connectivity index (χ1v) is 7.21. The fraction of sp³-hybridized carbons (Fsp3) is 0.588. The van der Waals surface area contributed by atoms with E-state index < -0.39 is 5.97 Å². The summed E-state index contributed by atoms with van der Waals surface area (Å²) in [5, 5.41) is 9.53. The van der Waals surface area contributed by atoms with Crippen molar-refractivity contribution in [1.82, 2.24) is 0 Å². The SMILES string of the molecule is COc1ccc(C)cc1C1CC(C)(C)CCC1C(=O)O. The summed E-state index contributed by atoms with van der Waals surface area (Å²) < 4.78 is 5.46. The van der Waals surface area contributed by atoms with Gasteiger partial charge in [0.15, 0.2) is 0 Å². The van der Waals surface area contributed by atoms with Gasteiger partial charge in [0.1, 0.15) is 5.75 Å². The number of carboxylic acids is 1. The summed E-state index contributed by atoms with van der Waals surface area (Å²) in [6, 6.07) is 6.04. The van der Waals surface area contributed by atoms with Crippen LogP contribution in [0.4, 0.5) is 0 Å². The van der Waals surface area contributed by atoms with Crippen LogP contribution in [0.5, 0.6) is 5.75 Å². The van der Waals surface area contributed by atoms with Gasteiger partial charge < -0.3 is 9.84 Å². The molecule has 0 bridgehead atoms. The van der Waals surface area contributed by atoms with Crippen LogP contribution in [0.25, 0.3) is 0 Å². The second-order valence-corrected chi connectivity index (χ2v) is 6.70. The van der Waals surface area contributed by atoms with Crippen LogP contribution in [0.15, 0.2) is 18.2 Å². The molecule has 3 heteroatoms. The molecular weight excluding hydrogens is 252 g/mol. The molecule has 1 aromatic carbocycles. The maximum absolute atomic E-state index is 11.6. The van der Waals surface area contributed by atoms with Crippen molar-refractivity contribution < 1.29 is 14.6 Å². The summed E-state index contributed by atoms with van der Waals surface area (Å²) in [5.41, 5.74) is 2.38. The maximum atomic E-state index is 11.6. The van der Waals surface area contributed by atoms with E-state index in [1.54, 1.807) is 7.11 Å². The highest BCUT2D eigenvalue weighted by molar-refractivity contribution is 5.72. The summed E-state index contributed by atoms with van der Waals surface area (Å²) in [7, 11) is 1.65. The third-order valence-corrected chi connectivity index (χ3v) is 4.49. The largest absolute Gasteiger partial charge is 0.496 e. The van der Waals surface area contributed by atoms with Gasteiger partial charge in [0.25, 0.3) is 0 Å². The Hall–Kier alpha value is -1.51. The average molecular weight is 276 g/mol. The monoisotopic (exact) mass is 276 g/mol. The molecule has 0 aliphatic heterocycles. The number of carboxylic acid groups (broad SMARTS) is 1. The summed E-state index contributed by atoms with van der Waals surface area (Å²) in [6.07, 6.45) is 2.60. The molecule has 110 valence electrons. The number of hydrogen-bond acceptors (Lipinski definition) is 2. The van der Waals surface area contributed by atoms with E-state index in [4.69, 9.17) is 4.74 Å². The number of aryl methyl sites for hydroxylation is 1. The van der Waals surface area contributed by atoms with Crippen LogP contribution >= 0.6 is 0 Å². The summed E-state index contributed by atoms with van der Waals surface area (Å²) in [4.78, 5) is 11.6. The predicted molar refractivity (Wildman–Crippen MR) is 79.2 cm³/mol. The normalized spacial score (nSPS) is 25.2. The van der Waals surface area contributed by atoms with Crippen molar-refractivity contribution >= 4 is 5.97 Å². The minimum absolute atomic E-state index is 0.0334. The average Bonchev–Trinajstić information content (AvgIpc) is 2.37. The van der Waals surface area contributed by atoms with E-state index in [-0.39, 0.29) is 17.3 Å². The van der Waals surface area contributed by atoms with Crippen LogP contribution in [-0.2, 0) is 4.79 Å². The van der Waals surface area contributed by atoms with E-state index in [0.29, 0.717) is 0 Å². The Morgan fingerprint density at radius 2 is 2.10 bits per heavy atom. The van der Waals surface area contributed by atoms with Crippen LogP contribution in [0.2, 0.25) is 0 Å². The molecule has 1 fully saturated rings. The summed E-state index contributed by atoms with van der Waals surface area (Å²) >= 11 is 0. The van der Waals surface area contributed by atoms with E-state index in [1.807, 2.05) is 19.1 Å². The molecule has 20 heavy (non-hydrogen) atoms. The fourth-order valence-electron chi connectivity index (χ4n) is 3.35. The molecular formula is C17H24O3. The standard InChI is InChI=1S/C17H24O3/c1-11-5-6-15(20-4)13(9-11)14-10-17(2,3)8-7-12(14)16(18)19/h5-6,9,12,14H,7-8,10H2,1-4H3,(H,18,19). The van der Waals surface area contributed by atoms with Crippen molar-refractivity contribution in [3.8, 4) is 5.75 Å². The molecule has 3 nitrogen and oxygen atoms in total. The molecule has 1 aliphatic rings. The maximum Gasteiger partial charge on any atom is 0.307 e. The van der Waals surface area contributed by atoms with Crippen LogP contribution in [-0.4, -0.2) is 18.2 Å². The second kappa shape index (κ2) is 5.47. The molecule has 2 unspecified atom stereocenters. The molecule has 1 aromatic rings. The van der Waals surface area contributed by atoms with Gasteiger partial charge in [0, 0.05) is 5.92 Å². The lowest BCUT2D eigenvalue weighted by atomic mass is 9.65. The van der Waals surface area contributed by atoms with Gasteiger partial charge in [-0.15, -0.1) is 0 Å². The van der Waals surface area contributed by atoms with Gasteiger partial charge in [-0.2, -0.15) is 0 Å². The van der Waals surface area contributed by atoms with Gasteiger partial charge in [0.05, 0.1) is 13.0 Å². The lowest BCUT2D eigenvalue weighted by molar-refractivity contribution is -0.144. The Kier molecular flexibility index (Phi) is 4.07. The zero-order chi connectivity index (χ0) is 14.9. The van der Waals surface area contributed by atoms with Crippen molar-refractivity contribution in [2.45, 2.75) is 46.0 Å². The topological polar surface area (TPSA) is 46.5 Å². The van der Waals surface area contributed by atoms with Crippen LogP contribution in [0, 0.1) is 18.3 Å². The smallest absolute Gasteiger partial charge is 0.307 e. The molecule has 0 amide bonds. The lowest BCUT2D eigenvalue weighted by Gasteiger charge is -2.39. The Balaban J connectivity index is 2.44. The molecule has 1 N–H and O–H groups in total. The highest BCUT2D eigenvalue weighted by Crippen LogP contribution is 2.48.